The lowest BCUT2D eigenvalue weighted by molar-refractivity contribution is -0.141. The van der Waals surface area contributed by atoms with Gasteiger partial charge < -0.3 is 15.4 Å². The third kappa shape index (κ3) is 5.21. The summed E-state index contributed by atoms with van der Waals surface area (Å²) in [4.78, 5) is 19.4. The lowest BCUT2D eigenvalue weighted by Crippen LogP contribution is -2.33. The predicted molar refractivity (Wildman–Crippen MR) is 107 cm³/mol. The number of morpholine rings is 1. The number of ether oxygens (including phenoxy) is 1. The number of halogens is 5. The molecule has 1 amide bonds. The fourth-order valence-electron chi connectivity index (χ4n) is 3.03. The van der Waals surface area contributed by atoms with E-state index in [9.17, 15) is 22.4 Å². The topological polar surface area (TPSA) is 94.0 Å². The van der Waals surface area contributed by atoms with Gasteiger partial charge in [-0.3, -0.25) is 4.79 Å². The van der Waals surface area contributed by atoms with Gasteiger partial charge in [0.05, 0.1) is 24.5 Å². The van der Waals surface area contributed by atoms with Gasteiger partial charge in [-0.05, 0) is 12.1 Å². The number of aromatic nitrogens is 4. The number of benzene rings is 1. The van der Waals surface area contributed by atoms with E-state index in [0.717, 1.165) is 17.2 Å². The molecule has 1 aliphatic rings. The van der Waals surface area contributed by atoms with E-state index in [4.69, 9.17) is 4.74 Å². The number of hydrogen-bond acceptors (Lipinski definition) is 6. The first-order chi connectivity index (χ1) is 14.8. The van der Waals surface area contributed by atoms with Crippen molar-refractivity contribution in [1.82, 2.24) is 25.1 Å². The molecule has 1 saturated heterocycles. The summed E-state index contributed by atoms with van der Waals surface area (Å²) in [5, 5.41) is 9.51. The molecule has 1 aromatic carbocycles. The van der Waals surface area contributed by atoms with Gasteiger partial charge in [0, 0.05) is 36.6 Å². The van der Waals surface area contributed by atoms with E-state index in [1.165, 1.54) is 18.3 Å². The molecule has 3 aromatic rings. The summed E-state index contributed by atoms with van der Waals surface area (Å²) in [7, 11) is 0. The van der Waals surface area contributed by atoms with E-state index in [-0.39, 0.29) is 29.5 Å². The number of nitrogens with one attached hydrogen (secondary N) is 2. The van der Waals surface area contributed by atoms with E-state index in [1.54, 1.807) is 6.07 Å². The van der Waals surface area contributed by atoms with Crippen molar-refractivity contribution in [3.8, 4) is 5.82 Å². The number of nitrogens with zero attached hydrogens (tertiary/aromatic N) is 4. The second-order valence-corrected chi connectivity index (χ2v) is 6.69. The zero-order chi connectivity index (χ0) is 22.0. The number of amides is 1. The molecular weight excluding hydrogens is 456 g/mol. The van der Waals surface area contributed by atoms with Crippen LogP contribution >= 0.6 is 12.4 Å². The summed E-state index contributed by atoms with van der Waals surface area (Å²) >= 11 is 0. The zero-order valence-electron chi connectivity index (χ0n) is 16.3. The molecule has 2 N–H and O–H groups in total. The molecule has 0 spiro atoms. The SMILES string of the molecule is Cl.O=C(Nc1ccc([C@H]2CNCCO2)c(F)c1)c1cnn(-c2cc(C(F)(F)F)ncn2)c1. The fraction of sp³-hybridized carbons (Fsp3) is 0.263. The van der Waals surface area contributed by atoms with Gasteiger partial charge >= 0.3 is 6.18 Å². The molecule has 8 nitrogen and oxygen atoms in total. The zero-order valence-corrected chi connectivity index (χ0v) is 17.1. The first kappa shape index (κ1) is 23.6. The Morgan fingerprint density at radius 3 is 2.75 bits per heavy atom. The summed E-state index contributed by atoms with van der Waals surface area (Å²) in [6.07, 6.45) is -1.91. The molecule has 32 heavy (non-hydrogen) atoms. The van der Waals surface area contributed by atoms with Crippen LogP contribution in [0.5, 0.6) is 0 Å². The van der Waals surface area contributed by atoms with Crippen LogP contribution < -0.4 is 10.6 Å². The summed E-state index contributed by atoms with van der Waals surface area (Å²) in [5.74, 6) is -1.29. The highest BCUT2D eigenvalue weighted by Gasteiger charge is 2.33. The van der Waals surface area contributed by atoms with Crippen LogP contribution in [0.3, 0.4) is 0 Å². The van der Waals surface area contributed by atoms with Crippen LogP contribution in [-0.4, -0.2) is 45.4 Å². The van der Waals surface area contributed by atoms with Crippen LogP contribution in [-0.2, 0) is 10.9 Å². The van der Waals surface area contributed by atoms with Crippen LogP contribution in [0.2, 0.25) is 0 Å². The quantitative estimate of drug-likeness (QED) is 0.567. The van der Waals surface area contributed by atoms with Crippen molar-refractivity contribution in [3.63, 3.8) is 0 Å². The average molecular weight is 473 g/mol. The third-order valence-corrected chi connectivity index (χ3v) is 4.56. The van der Waals surface area contributed by atoms with Crippen molar-refractivity contribution < 1.29 is 27.1 Å². The van der Waals surface area contributed by atoms with Gasteiger partial charge in [0.1, 0.15) is 17.8 Å². The minimum absolute atomic E-state index is 0. The molecule has 0 radical (unpaired) electrons. The molecule has 3 heterocycles. The molecule has 1 fully saturated rings. The Hall–Kier alpha value is -3.09. The number of hydrogen-bond donors (Lipinski definition) is 2. The summed E-state index contributed by atoms with van der Waals surface area (Å²) < 4.78 is 59.4. The highest BCUT2D eigenvalue weighted by Crippen LogP contribution is 2.28. The summed E-state index contributed by atoms with van der Waals surface area (Å²) in [6, 6.07) is 4.96. The molecule has 170 valence electrons. The first-order valence-corrected chi connectivity index (χ1v) is 9.18. The number of rotatable bonds is 4. The van der Waals surface area contributed by atoms with E-state index in [0.29, 0.717) is 31.3 Å². The number of alkyl halides is 3. The molecule has 0 bridgehead atoms. The normalized spacial score (nSPS) is 16.3. The van der Waals surface area contributed by atoms with Gasteiger partial charge in [-0.2, -0.15) is 18.3 Å². The summed E-state index contributed by atoms with van der Waals surface area (Å²) in [5.41, 5.74) is -0.491. The Morgan fingerprint density at radius 2 is 2.06 bits per heavy atom. The van der Waals surface area contributed by atoms with Crippen LogP contribution in [0.15, 0.2) is 43.0 Å². The number of anilines is 1. The Labute approximate surface area is 185 Å². The minimum atomic E-state index is -4.64. The average Bonchev–Trinajstić information content (AvgIpc) is 3.25. The molecular formula is C19H17ClF4N6O2. The van der Waals surface area contributed by atoms with Crippen LogP contribution in [0.25, 0.3) is 5.82 Å². The monoisotopic (exact) mass is 472 g/mol. The standard InChI is InChI=1S/C19H16F4N6O2.ClH/c20-14-5-12(1-2-13(14)15-8-24-3-4-31-15)28-18(30)11-7-27-29(9-11)17-6-16(19(21,22)23)25-10-26-17;/h1-2,5-7,9-10,15,24H,3-4,8H2,(H,28,30);1H/t15-;/m1./s1. The highest BCUT2D eigenvalue weighted by molar-refractivity contribution is 6.04. The Kier molecular flexibility index (Phi) is 7.06. The maximum Gasteiger partial charge on any atom is 0.433 e. The molecule has 1 atom stereocenters. The predicted octanol–water partition coefficient (Wildman–Crippen LogP) is 3.16. The van der Waals surface area contributed by atoms with E-state index in [2.05, 4.69) is 25.7 Å². The first-order valence-electron chi connectivity index (χ1n) is 9.18. The van der Waals surface area contributed by atoms with Crippen molar-refractivity contribution >= 4 is 24.0 Å². The molecule has 0 unspecified atom stereocenters. The van der Waals surface area contributed by atoms with Crippen molar-refractivity contribution in [2.45, 2.75) is 12.3 Å². The highest BCUT2D eigenvalue weighted by atomic mass is 35.5. The fourth-order valence-corrected chi connectivity index (χ4v) is 3.03. The second-order valence-electron chi connectivity index (χ2n) is 6.69. The van der Waals surface area contributed by atoms with Crippen molar-refractivity contribution in [3.05, 3.63) is 65.6 Å². The van der Waals surface area contributed by atoms with Crippen LogP contribution in [0.1, 0.15) is 27.7 Å². The van der Waals surface area contributed by atoms with Crippen molar-refractivity contribution in [2.75, 3.05) is 25.0 Å². The molecule has 1 aliphatic heterocycles. The Morgan fingerprint density at radius 1 is 1.25 bits per heavy atom. The molecule has 0 saturated carbocycles. The van der Waals surface area contributed by atoms with Gasteiger partial charge in [0.15, 0.2) is 5.82 Å². The largest absolute Gasteiger partial charge is 0.433 e. The van der Waals surface area contributed by atoms with Crippen molar-refractivity contribution in [1.29, 1.82) is 0 Å². The van der Waals surface area contributed by atoms with E-state index in [1.807, 2.05) is 0 Å². The molecule has 0 aliphatic carbocycles. The molecule has 2 aromatic heterocycles. The number of carbonyl (C=O) groups is 1. The Bertz CT molecular complexity index is 1100. The third-order valence-electron chi connectivity index (χ3n) is 4.56. The maximum absolute atomic E-state index is 14.5. The van der Waals surface area contributed by atoms with Crippen molar-refractivity contribution in [2.24, 2.45) is 0 Å². The lowest BCUT2D eigenvalue weighted by atomic mass is 10.1. The van der Waals surface area contributed by atoms with E-state index >= 15 is 0 Å². The van der Waals surface area contributed by atoms with Gasteiger partial charge in [0.25, 0.3) is 5.91 Å². The van der Waals surface area contributed by atoms with Gasteiger partial charge in [-0.25, -0.2) is 19.0 Å². The number of carbonyl (C=O) groups excluding carboxylic acids is 1. The second kappa shape index (κ2) is 9.59. The van der Waals surface area contributed by atoms with Gasteiger partial charge in [0.2, 0.25) is 0 Å². The maximum atomic E-state index is 14.5. The summed E-state index contributed by atoms with van der Waals surface area (Å²) in [6.45, 7) is 1.66. The smallest absolute Gasteiger partial charge is 0.371 e. The van der Waals surface area contributed by atoms with Gasteiger partial charge in [-0.15, -0.1) is 12.4 Å². The van der Waals surface area contributed by atoms with Crippen LogP contribution in [0.4, 0.5) is 23.2 Å². The Balaban J connectivity index is 0.00000289. The molecule has 4 rings (SSSR count). The lowest BCUT2D eigenvalue weighted by Gasteiger charge is -2.24. The minimum Gasteiger partial charge on any atom is -0.371 e. The molecule has 13 heteroatoms. The van der Waals surface area contributed by atoms with E-state index < -0.39 is 29.7 Å². The van der Waals surface area contributed by atoms with Gasteiger partial charge in [-0.1, -0.05) is 6.07 Å². The van der Waals surface area contributed by atoms with Crippen LogP contribution in [0, 0.1) is 5.82 Å².